The Morgan fingerprint density at radius 3 is 2.15 bits per heavy atom. The molecule has 0 saturated heterocycles. The highest BCUT2D eigenvalue weighted by atomic mass is 16.5. The molecule has 5 heteroatoms. The van der Waals surface area contributed by atoms with Crippen LogP contribution in [0.1, 0.15) is 59.9 Å². The number of carbonyl (C=O) groups is 1. The number of anilines is 1. The van der Waals surface area contributed by atoms with E-state index in [-0.39, 0.29) is 5.91 Å². The quantitative estimate of drug-likeness (QED) is 0.625. The standard InChI is InChI=1S/C22H34N2O3/c1-15(2)11-22(26-7,12-16(3)4)21(25)24-20-9-8-19(10-18(20)13-23)27-14-17(5)6/h8-10,15-17H,11-12,14H2,1-7H3,(H,24,25). The Morgan fingerprint density at radius 2 is 1.70 bits per heavy atom. The summed E-state index contributed by atoms with van der Waals surface area (Å²) in [7, 11) is 1.58. The zero-order valence-electron chi connectivity index (χ0n) is 17.8. The first kappa shape index (κ1) is 23.0. The molecule has 0 spiro atoms. The van der Waals surface area contributed by atoms with Crippen LogP contribution < -0.4 is 10.1 Å². The third-order valence-corrected chi connectivity index (χ3v) is 4.22. The molecule has 0 atom stereocenters. The van der Waals surface area contributed by atoms with Gasteiger partial charge in [0.25, 0.3) is 5.91 Å². The fourth-order valence-corrected chi connectivity index (χ4v) is 3.16. The number of amides is 1. The predicted molar refractivity (Wildman–Crippen MR) is 109 cm³/mol. The second kappa shape index (κ2) is 10.3. The molecule has 1 aromatic carbocycles. The van der Waals surface area contributed by atoms with E-state index in [4.69, 9.17) is 9.47 Å². The van der Waals surface area contributed by atoms with Gasteiger partial charge < -0.3 is 14.8 Å². The third kappa shape index (κ3) is 6.88. The molecule has 0 heterocycles. The van der Waals surface area contributed by atoms with Crippen LogP contribution in [0.5, 0.6) is 5.75 Å². The lowest BCUT2D eigenvalue weighted by molar-refractivity contribution is -0.142. The monoisotopic (exact) mass is 374 g/mol. The van der Waals surface area contributed by atoms with Gasteiger partial charge in [-0.1, -0.05) is 41.5 Å². The summed E-state index contributed by atoms with van der Waals surface area (Å²) in [4.78, 5) is 13.1. The topological polar surface area (TPSA) is 71.3 Å². The summed E-state index contributed by atoms with van der Waals surface area (Å²) in [5.41, 5.74) is -0.0564. The van der Waals surface area contributed by atoms with Gasteiger partial charge in [-0.3, -0.25) is 4.79 Å². The number of methoxy groups -OCH3 is 1. The first-order valence-electron chi connectivity index (χ1n) is 9.67. The van der Waals surface area contributed by atoms with Crippen molar-refractivity contribution in [2.45, 2.75) is 60.0 Å². The van der Waals surface area contributed by atoms with E-state index in [1.54, 1.807) is 25.3 Å². The number of nitriles is 1. The van der Waals surface area contributed by atoms with Gasteiger partial charge in [0.2, 0.25) is 0 Å². The molecule has 5 nitrogen and oxygen atoms in total. The molecule has 0 aliphatic rings. The lowest BCUT2D eigenvalue weighted by atomic mass is 9.84. The van der Waals surface area contributed by atoms with Crippen LogP contribution in [0.25, 0.3) is 0 Å². The molecule has 0 aliphatic heterocycles. The van der Waals surface area contributed by atoms with Crippen molar-refractivity contribution in [2.75, 3.05) is 19.0 Å². The average Bonchev–Trinajstić information content (AvgIpc) is 2.58. The molecule has 1 amide bonds. The van der Waals surface area contributed by atoms with E-state index in [0.29, 0.717) is 54.2 Å². The summed E-state index contributed by atoms with van der Waals surface area (Å²) < 4.78 is 11.4. The summed E-state index contributed by atoms with van der Waals surface area (Å²) in [5.74, 6) is 1.41. The number of nitrogens with one attached hydrogen (secondary N) is 1. The lowest BCUT2D eigenvalue weighted by Crippen LogP contribution is -2.47. The van der Waals surface area contributed by atoms with Crippen LogP contribution in [0.2, 0.25) is 0 Å². The number of carbonyl (C=O) groups excluding carboxylic acids is 1. The number of ether oxygens (including phenoxy) is 2. The fraction of sp³-hybridized carbons (Fsp3) is 0.636. The molecule has 27 heavy (non-hydrogen) atoms. The normalized spacial score (nSPS) is 11.7. The summed E-state index contributed by atoms with van der Waals surface area (Å²) in [6.07, 6.45) is 1.23. The van der Waals surface area contributed by atoms with Crippen molar-refractivity contribution in [3.63, 3.8) is 0 Å². The van der Waals surface area contributed by atoms with Crippen molar-refractivity contribution < 1.29 is 14.3 Å². The Bertz CT molecular complexity index is 650. The molecule has 0 aliphatic carbocycles. The molecule has 0 radical (unpaired) electrons. The fourth-order valence-electron chi connectivity index (χ4n) is 3.16. The second-order valence-electron chi connectivity index (χ2n) is 8.37. The maximum Gasteiger partial charge on any atom is 0.256 e. The van der Waals surface area contributed by atoms with Crippen LogP contribution >= 0.6 is 0 Å². The minimum Gasteiger partial charge on any atom is -0.493 e. The Balaban J connectivity index is 3.08. The maximum atomic E-state index is 13.1. The van der Waals surface area contributed by atoms with E-state index in [9.17, 15) is 10.1 Å². The number of hydrogen-bond donors (Lipinski definition) is 1. The zero-order valence-corrected chi connectivity index (χ0v) is 17.8. The van der Waals surface area contributed by atoms with Gasteiger partial charge in [0.15, 0.2) is 0 Å². The predicted octanol–water partition coefficient (Wildman–Crippen LogP) is 5.01. The Labute approximate surface area is 164 Å². The van der Waals surface area contributed by atoms with Crippen LogP contribution in [-0.2, 0) is 9.53 Å². The molecule has 1 rings (SSSR count). The first-order valence-corrected chi connectivity index (χ1v) is 9.67. The minimum absolute atomic E-state index is 0.209. The minimum atomic E-state index is -0.915. The van der Waals surface area contributed by atoms with Gasteiger partial charge in [-0.15, -0.1) is 0 Å². The summed E-state index contributed by atoms with van der Waals surface area (Å²) >= 11 is 0. The van der Waals surface area contributed by atoms with Gasteiger partial charge in [0, 0.05) is 7.11 Å². The maximum absolute atomic E-state index is 13.1. The Kier molecular flexibility index (Phi) is 8.78. The van der Waals surface area contributed by atoms with Crippen LogP contribution in [0.4, 0.5) is 5.69 Å². The molecule has 1 aromatic rings. The van der Waals surface area contributed by atoms with Crippen molar-refractivity contribution in [1.29, 1.82) is 5.26 Å². The van der Waals surface area contributed by atoms with E-state index in [1.807, 2.05) is 0 Å². The van der Waals surface area contributed by atoms with Crippen LogP contribution in [0.3, 0.4) is 0 Å². The van der Waals surface area contributed by atoms with Crippen LogP contribution in [0.15, 0.2) is 18.2 Å². The van der Waals surface area contributed by atoms with Crippen molar-refractivity contribution >= 4 is 11.6 Å². The van der Waals surface area contributed by atoms with Crippen molar-refractivity contribution in [2.24, 2.45) is 17.8 Å². The number of benzene rings is 1. The highest BCUT2D eigenvalue weighted by molar-refractivity contribution is 5.98. The number of rotatable bonds is 10. The van der Waals surface area contributed by atoms with Gasteiger partial charge >= 0.3 is 0 Å². The highest BCUT2D eigenvalue weighted by Crippen LogP contribution is 2.31. The zero-order chi connectivity index (χ0) is 20.6. The van der Waals surface area contributed by atoms with Gasteiger partial charge in [-0.2, -0.15) is 5.26 Å². The SMILES string of the molecule is COC(CC(C)C)(CC(C)C)C(=O)Nc1ccc(OCC(C)C)cc1C#N. The number of nitrogens with zero attached hydrogens (tertiary/aromatic N) is 1. The summed E-state index contributed by atoms with van der Waals surface area (Å²) in [6, 6.07) is 7.30. The molecular formula is C22H34N2O3. The molecule has 150 valence electrons. The second-order valence-corrected chi connectivity index (χ2v) is 8.37. The molecule has 1 N–H and O–H groups in total. The van der Waals surface area contributed by atoms with Gasteiger partial charge in [-0.05, 0) is 48.8 Å². The van der Waals surface area contributed by atoms with Gasteiger partial charge in [0.1, 0.15) is 17.4 Å². The van der Waals surface area contributed by atoms with Crippen molar-refractivity contribution in [3.05, 3.63) is 23.8 Å². The van der Waals surface area contributed by atoms with Crippen molar-refractivity contribution in [3.8, 4) is 11.8 Å². The Morgan fingerprint density at radius 1 is 1.11 bits per heavy atom. The largest absolute Gasteiger partial charge is 0.493 e. The molecule has 0 bridgehead atoms. The van der Waals surface area contributed by atoms with Gasteiger partial charge in [-0.25, -0.2) is 0 Å². The van der Waals surface area contributed by atoms with E-state index in [1.165, 1.54) is 0 Å². The molecule has 0 aromatic heterocycles. The van der Waals surface area contributed by atoms with Crippen LogP contribution in [0, 0.1) is 29.1 Å². The lowest BCUT2D eigenvalue weighted by Gasteiger charge is -2.34. The molecule has 0 saturated carbocycles. The van der Waals surface area contributed by atoms with E-state index in [2.05, 4.69) is 52.9 Å². The Hall–Kier alpha value is -2.06. The summed E-state index contributed by atoms with van der Waals surface area (Å²) in [5, 5.41) is 12.4. The van der Waals surface area contributed by atoms with E-state index < -0.39 is 5.60 Å². The molecular weight excluding hydrogens is 340 g/mol. The number of hydrogen-bond acceptors (Lipinski definition) is 4. The van der Waals surface area contributed by atoms with Gasteiger partial charge in [0.05, 0.1) is 17.9 Å². The molecule has 0 fully saturated rings. The van der Waals surface area contributed by atoms with E-state index in [0.717, 1.165) is 0 Å². The van der Waals surface area contributed by atoms with Crippen molar-refractivity contribution in [1.82, 2.24) is 0 Å². The third-order valence-electron chi connectivity index (χ3n) is 4.22. The first-order chi connectivity index (χ1) is 12.6. The highest BCUT2D eigenvalue weighted by Gasteiger charge is 2.40. The molecule has 0 unspecified atom stereocenters. The average molecular weight is 375 g/mol. The van der Waals surface area contributed by atoms with Crippen LogP contribution in [-0.4, -0.2) is 25.2 Å². The van der Waals surface area contributed by atoms with E-state index >= 15 is 0 Å². The summed E-state index contributed by atoms with van der Waals surface area (Å²) in [6.45, 7) is 13.0. The smallest absolute Gasteiger partial charge is 0.256 e.